The van der Waals surface area contributed by atoms with E-state index in [1.165, 1.54) is 44.5 Å². The molecule has 3 aromatic rings. The van der Waals surface area contributed by atoms with Gasteiger partial charge in [0.1, 0.15) is 11.5 Å². The van der Waals surface area contributed by atoms with Crippen molar-refractivity contribution in [2.75, 3.05) is 19.8 Å². The molecule has 43 heavy (non-hydrogen) atoms. The maximum Gasteiger partial charge on any atom is 0.346 e. The zero-order chi connectivity index (χ0) is 30.7. The first-order valence-corrected chi connectivity index (χ1v) is 15.7. The Labute approximate surface area is 256 Å². The molecule has 1 unspecified atom stereocenters. The molecule has 0 amide bonds. The number of hydrogen-bond donors (Lipinski definition) is 0. The Balaban J connectivity index is 1.41. The highest BCUT2D eigenvalue weighted by Gasteiger charge is 2.14. The van der Waals surface area contributed by atoms with Crippen molar-refractivity contribution in [2.45, 2.75) is 91.1 Å². The molecular formula is C35H46N2O6. The van der Waals surface area contributed by atoms with E-state index in [4.69, 9.17) is 18.9 Å². The van der Waals surface area contributed by atoms with Gasteiger partial charge in [-0.3, -0.25) is 0 Å². The summed E-state index contributed by atoms with van der Waals surface area (Å²) in [7, 11) is 0. The quantitative estimate of drug-likeness (QED) is 0.0737. The second-order valence-corrected chi connectivity index (χ2v) is 10.6. The molecule has 0 fully saturated rings. The molecule has 1 atom stereocenters. The van der Waals surface area contributed by atoms with Crippen molar-refractivity contribution in [3.8, 4) is 22.9 Å². The normalized spacial score (nSPS) is 11.6. The van der Waals surface area contributed by atoms with Crippen molar-refractivity contribution in [3.05, 3.63) is 72.1 Å². The standard InChI is InChI=1S/C35H46N2O6/c1-4-6-7-8-9-13-24-41-31-19-15-28(16-20-31)33-36-25-30(26-37-33)35(39)43-32-21-17-29(18-22-32)34(38)42-27(3)14-11-10-12-23-40-5-2/h15-22,25-27H,4-14,23-24H2,1-3H3. The van der Waals surface area contributed by atoms with E-state index in [0.29, 0.717) is 23.7 Å². The summed E-state index contributed by atoms with van der Waals surface area (Å²) in [4.78, 5) is 33.8. The van der Waals surface area contributed by atoms with E-state index >= 15 is 0 Å². The molecule has 2 aromatic carbocycles. The first-order chi connectivity index (χ1) is 21.0. The summed E-state index contributed by atoms with van der Waals surface area (Å²) in [5.41, 5.74) is 1.45. The van der Waals surface area contributed by atoms with E-state index in [-0.39, 0.29) is 11.7 Å². The lowest BCUT2D eigenvalue weighted by Gasteiger charge is -2.13. The van der Waals surface area contributed by atoms with Crippen molar-refractivity contribution >= 4 is 11.9 Å². The number of aromatic nitrogens is 2. The minimum absolute atomic E-state index is 0.179. The first-order valence-electron chi connectivity index (χ1n) is 15.7. The zero-order valence-corrected chi connectivity index (χ0v) is 25.9. The van der Waals surface area contributed by atoms with Gasteiger partial charge in [0.2, 0.25) is 0 Å². The number of carbonyl (C=O) groups excluding carboxylic acids is 2. The smallest absolute Gasteiger partial charge is 0.346 e. The Morgan fingerprint density at radius 2 is 1.33 bits per heavy atom. The average molecular weight is 591 g/mol. The summed E-state index contributed by atoms with van der Waals surface area (Å²) in [6, 6.07) is 13.9. The molecule has 0 aliphatic heterocycles. The van der Waals surface area contributed by atoms with Crippen LogP contribution in [0.3, 0.4) is 0 Å². The fraction of sp³-hybridized carbons (Fsp3) is 0.486. The van der Waals surface area contributed by atoms with Gasteiger partial charge in [-0.05, 0) is 88.1 Å². The third-order valence-electron chi connectivity index (χ3n) is 6.98. The number of unbranched alkanes of at least 4 members (excludes halogenated alkanes) is 7. The number of nitrogens with zero attached hydrogens (tertiary/aromatic N) is 2. The van der Waals surface area contributed by atoms with Crippen molar-refractivity contribution in [1.29, 1.82) is 0 Å². The molecule has 0 saturated heterocycles. The Morgan fingerprint density at radius 3 is 2.02 bits per heavy atom. The Hall–Kier alpha value is -3.78. The van der Waals surface area contributed by atoms with Crippen LogP contribution in [0.15, 0.2) is 60.9 Å². The van der Waals surface area contributed by atoms with E-state index in [1.54, 1.807) is 24.3 Å². The molecule has 0 spiro atoms. The number of hydrogen-bond acceptors (Lipinski definition) is 8. The molecule has 1 aromatic heterocycles. The molecular weight excluding hydrogens is 544 g/mol. The van der Waals surface area contributed by atoms with Crippen LogP contribution in [0.1, 0.15) is 106 Å². The highest BCUT2D eigenvalue weighted by molar-refractivity contribution is 5.91. The van der Waals surface area contributed by atoms with Crippen molar-refractivity contribution in [3.63, 3.8) is 0 Å². The van der Waals surface area contributed by atoms with Crippen molar-refractivity contribution in [2.24, 2.45) is 0 Å². The SMILES string of the molecule is CCCCCCCCOc1ccc(-c2ncc(C(=O)Oc3ccc(C(=O)OC(C)CCCCCOCC)cc3)cn2)cc1. The predicted octanol–water partition coefficient (Wildman–Crippen LogP) is 8.24. The van der Waals surface area contributed by atoms with Crippen LogP contribution in [0.4, 0.5) is 0 Å². The number of carbonyl (C=O) groups is 2. The van der Waals surface area contributed by atoms with E-state index in [9.17, 15) is 9.59 Å². The lowest BCUT2D eigenvalue weighted by molar-refractivity contribution is 0.0317. The summed E-state index contributed by atoms with van der Waals surface area (Å²) < 4.78 is 22.2. The van der Waals surface area contributed by atoms with Gasteiger partial charge in [0, 0.05) is 31.2 Å². The fourth-order valence-corrected chi connectivity index (χ4v) is 4.45. The topological polar surface area (TPSA) is 96.8 Å². The molecule has 3 rings (SSSR count). The van der Waals surface area contributed by atoms with Crippen LogP contribution in [0.5, 0.6) is 11.5 Å². The lowest BCUT2D eigenvalue weighted by Crippen LogP contribution is -2.15. The molecule has 0 aliphatic rings. The largest absolute Gasteiger partial charge is 0.494 e. The minimum Gasteiger partial charge on any atom is -0.494 e. The van der Waals surface area contributed by atoms with Gasteiger partial charge in [0.25, 0.3) is 0 Å². The Bertz CT molecular complexity index is 1210. The third kappa shape index (κ3) is 12.5. The highest BCUT2D eigenvalue weighted by atomic mass is 16.5. The highest BCUT2D eigenvalue weighted by Crippen LogP contribution is 2.21. The van der Waals surface area contributed by atoms with Crippen LogP contribution in [0.2, 0.25) is 0 Å². The van der Waals surface area contributed by atoms with Gasteiger partial charge in [-0.1, -0.05) is 45.4 Å². The van der Waals surface area contributed by atoms with E-state index < -0.39 is 11.9 Å². The maximum absolute atomic E-state index is 12.6. The third-order valence-corrected chi connectivity index (χ3v) is 6.98. The van der Waals surface area contributed by atoms with Gasteiger partial charge in [-0.15, -0.1) is 0 Å². The molecule has 0 radical (unpaired) electrons. The number of esters is 2. The number of rotatable bonds is 20. The van der Waals surface area contributed by atoms with Gasteiger partial charge in [0.15, 0.2) is 5.82 Å². The monoisotopic (exact) mass is 590 g/mol. The summed E-state index contributed by atoms with van der Waals surface area (Å²) in [5.74, 6) is 0.640. The van der Waals surface area contributed by atoms with Gasteiger partial charge in [-0.25, -0.2) is 19.6 Å². The van der Waals surface area contributed by atoms with E-state index in [1.807, 2.05) is 38.1 Å². The zero-order valence-electron chi connectivity index (χ0n) is 25.9. The molecule has 8 nitrogen and oxygen atoms in total. The average Bonchev–Trinajstić information content (AvgIpc) is 3.03. The predicted molar refractivity (Wildman–Crippen MR) is 168 cm³/mol. The van der Waals surface area contributed by atoms with Crippen LogP contribution >= 0.6 is 0 Å². The Kier molecular flexibility index (Phi) is 15.2. The molecule has 8 heteroatoms. The van der Waals surface area contributed by atoms with Gasteiger partial charge in [0.05, 0.1) is 23.8 Å². The van der Waals surface area contributed by atoms with Crippen LogP contribution in [0.25, 0.3) is 11.4 Å². The number of ether oxygens (including phenoxy) is 4. The fourth-order valence-electron chi connectivity index (χ4n) is 4.45. The summed E-state index contributed by atoms with van der Waals surface area (Å²) in [5, 5.41) is 0. The van der Waals surface area contributed by atoms with Gasteiger partial charge >= 0.3 is 11.9 Å². The summed E-state index contributed by atoms with van der Waals surface area (Å²) >= 11 is 0. The van der Waals surface area contributed by atoms with Crippen LogP contribution < -0.4 is 9.47 Å². The lowest BCUT2D eigenvalue weighted by atomic mass is 10.1. The minimum atomic E-state index is -0.585. The summed E-state index contributed by atoms with van der Waals surface area (Å²) in [6.07, 6.45) is 13.9. The van der Waals surface area contributed by atoms with Crippen LogP contribution in [0, 0.1) is 0 Å². The van der Waals surface area contributed by atoms with E-state index in [2.05, 4.69) is 16.9 Å². The van der Waals surface area contributed by atoms with Gasteiger partial charge < -0.3 is 18.9 Å². The molecule has 0 N–H and O–H groups in total. The first kappa shape index (κ1) is 33.7. The molecule has 0 aliphatic carbocycles. The number of benzene rings is 2. The van der Waals surface area contributed by atoms with Crippen LogP contribution in [-0.2, 0) is 9.47 Å². The second-order valence-electron chi connectivity index (χ2n) is 10.6. The molecule has 0 saturated carbocycles. The molecule has 1 heterocycles. The van der Waals surface area contributed by atoms with Crippen molar-refractivity contribution < 1.29 is 28.5 Å². The summed E-state index contributed by atoms with van der Waals surface area (Å²) in [6.45, 7) is 8.31. The molecule has 0 bridgehead atoms. The van der Waals surface area contributed by atoms with E-state index in [0.717, 1.165) is 56.6 Å². The van der Waals surface area contributed by atoms with Crippen LogP contribution in [-0.4, -0.2) is 47.8 Å². The van der Waals surface area contributed by atoms with Crippen molar-refractivity contribution in [1.82, 2.24) is 9.97 Å². The second kappa shape index (κ2) is 19.4. The van der Waals surface area contributed by atoms with Gasteiger partial charge in [-0.2, -0.15) is 0 Å². The molecule has 232 valence electrons. The Morgan fingerprint density at radius 1 is 0.698 bits per heavy atom. The maximum atomic E-state index is 12.6.